The highest BCUT2D eigenvalue weighted by Gasteiger charge is 2.34. The molecule has 0 amide bonds. The van der Waals surface area contributed by atoms with E-state index < -0.39 is 23.1 Å². The van der Waals surface area contributed by atoms with Crippen molar-refractivity contribution in [2.75, 3.05) is 6.61 Å². The lowest BCUT2D eigenvalue weighted by molar-refractivity contribution is -0.0504. The molecule has 0 bridgehead atoms. The van der Waals surface area contributed by atoms with Gasteiger partial charge in [0.1, 0.15) is 0 Å². The molecule has 1 aromatic rings. The fourth-order valence-electron chi connectivity index (χ4n) is 1.87. The molecule has 1 aliphatic heterocycles. The zero-order chi connectivity index (χ0) is 14.0. The van der Waals surface area contributed by atoms with Crippen LogP contribution in [0.1, 0.15) is 18.7 Å². The highest BCUT2D eigenvalue weighted by atomic mass is 16.5. The van der Waals surface area contributed by atoms with Gasteiger partial charge in [0.25, 0.3) is 5.56 Å². The summed E-state index contributed by atoms with van der Waals surface area (Å²) in [4.78, 5) is 25.2. The van der Waals surface area contributed by atoms with Crippen LogP contribution in [0.3, 0.4) is 0 Å². The van der Waals surface area contributed by atoms with Crippen LogP contribution in [0.2, 0.25) is 0 Å². The van der Waals surface area contributed by atoms with Gasteiger partial charge in [-0.25, -0.2) is 4.79 Å². The maximum absolute atomic E-state index is 11.7. The Morgan fingerprint density at radius 2 is 2.32 bits per heavy atom. The first-order valence-corrected chi connectivity index (χ1v) is 5.75. The maximum Gasteiger partial charge on any atom is 0.330 e. The lowest BCUT2D eigenvalue weighted by Crippen LogP contribution is -2.36. The Balaban J connectivity index is 2.39. The predicted octanol–water partition coefficient (Wildman–Crippen LogP) is -0.316. The summed E-state index contributed by atoms with van der Waals surface area (Å²) in [5.41, 5.74) is -1.68. The third-order valence-corrected chi connectivity index (χ3v) is 2.85. The van der Waals surface area contributed by atoms with Gasteiger partial charge in [-0.2, -0.15) is 0 Å². The number of aliphatic hydroxyl groups excluding tert-OH is 1. The van der Waals surface area contributed by atoms with Crippen molar-refractivity contribution in [3.05, 3.63) is 44.8 Å². The van der Waals surface area contributed by atoms with Gasteiger partial charge in [0.2, 0.25) is 0 Å². The third kappa shape index (κ3) is 2.38. The monoisotopic (exact) mass is 262 g/mol. The number of ether oxygens (including phenoxy) is 1. The molecule has 2 heterocycles. The topological polar surface area (TPSA) is 84.3 Å². The Kier molecular flexibility index (Phi) is 3.42. The summed E-state index contributed by atoms with van der Waals surface area (Å²) in [6.07, 6.45) is 3.96. The van der Waals surface area contributed by atoms with Crippen molar-refractivity contribution in [2.45, 2.75) is 25.7 Å². The fraction of sp³-hybridized carbons (Fsp3) is 0.385. The van der Waals surface area contributed by atoms with Crippen LogP contribution in [-0.2, 0) is 4.74 Å². The second-order valence-electron chi connectivity index (χ2n) is 4.27. The molecule has 2 N–H and O–H groups in total. The minimum atomic E-state index is -1.09. The normalized spacial score (nSPS) is 25.1. The largest absolute Gasteiger partial charge is 0.392 e. The average Bonchev–Trinajstić information content (AvgIpc) is 2.79. The number of nitrogens with zero attached hydrogens (tertiary/aromatic N) is 1. The number of rotatable bonds is 2. The van der Waals surface area contributed by atoms with Crippen LogP contribution in [-0.4, -0.2) is 26.9 Å². The van der Waals surface area contributed by atoms with Crippen LogP contribution >= 0.6 is 0 Å². The Hall–Kier alpha value is -2.10. The van der Waals surface area contributed by atoms with E-state index in [1.54, 1.807) is 26.0 Å². The van der Waals surface area contributed by atoms with E-state index in [2.05, 4.69) is 16.8 Å². The number of hydrogen-bond donors (Lipinski definition) is 2. The summed E-state index contributed by atoms with van der Waals surface area (Å²) in [5, 5.41) is 9.36. The van der Waals surface area contributed by atoms with Crippen molar-refractivity contribution in [1.29, 1.82) is 0 Å². The van der Waals surface area contributed by atoms with E-state index in [1.165, 1.54) is 10.8 Å². The number of nitrogens with one attached hydrogen (secondary N) is 1. The molecule has 6 nitrogen and oxygen atoms in total. The SMILES string of the molecule is CC#C[C@@]1(CO)C=C[C@H](n2cc(C)c(=O)[nH]c2=O)O1. The van der Waals surface area contributed by atoms with Gasteiger partial charge in [-0.15, -0.1) is 5.92 Å². The number of aliphatic hydroxyl groups is 1. The molecule has 19 heavy (non-hydrogen) atoms. The molecule has 1 aromatic heterocycles. The summed E-state index contributed by atoms with van der Waals surface area (Å²) in [7, 11) is 0. The summed E-state index contributed by atoms with van der Waals surface area (Å²) in [6.45, 7) is 2.93. The molecule has 2 rings (SSSR count). The van der Waals surface area contributed by atoms with E-state index in [-0.39, 0.29) is 6.61 Å². The predicted molar refractivity (Wildman–Crippen MR) is 68.6 cm³/mol. The first kappa shape index (κ1) is 13.3. The van der Waals surface area contributed by atoms with E-state index in [0.29, 0.717) is 5.56 Å². The third-order valence-electron chi connectivity index (χ3n) is 2.85. The Morgan fingerprint density at radius 3 is 2.95 bits per heavy atom. The van der Waals surface area contributed by atoms with E-state index in [4.69, 9.17) is 4.74 Å². The second-order valence-corrected chi connectivity index (χ2v) is 4.27. The molecule has 0 saturated heterocycles. The first-order valence-electron chi connectivity index (χ1n) is 5.75. The molecule has 0 radical (unpaired) electrons. The van der Waals surface area contributed by atoms with Gasteiger partial charge in [0.15, 0.2) is 11.8 Å². The van der Waals surface area contributed by atoms with Crippen LogP contribution in [0, 0.1) is 18.8 Å². The van der Waals surface area contributed by atoms with Crippen LogP contribution in [0.25, 0.3) is 0 Å². The Labute approximate surface area is 109 Å². The quantitative estimate of drug-likeness (QED) is 0.565. The number of hydrogen-bond acceptors (Lipinski definition) is 4. The molecule has 1 aliphatic rings. The van der Waals surface area contributed by atoms with Crippen molar-refractivity contribution in [1.82, 2.24) is 9.55 Å². The summed E-state index contributed by atoms with van der Waals surface area (Å²) >= 11 is 0. The molecule has 0 spiro atoms. The molecule has 0 aliphatic carbocycles. The van der Waals surface area contributed by atoms with Crippen molar-refractivity contribution in [2.24, 2.45) is 0 Å². The molecule has 0 fully saturated rings. The van der Waals surface area contributed by atoms with Crippen LogP contribution in [0.4, 0.5) is 0 Å². The molecule has 6 heteroatoms. The maximum atomic E-state index is 11.7. The molecule has 100 valence electrons. The highest BCUT2D eigenvalue weighted by molar-refractivity contribution is 5.27. The Morgan fingerprint density at radius 1 is 1.58 bits per heavy atom. The summed E-state index contributed by atoms with van der Waals surface area (Å²) in [5.74, 6) is 5.43. The zero-order valence-electron chi connectivity index (χ0n) is 10.6. The average molecular weight is 262 g/mol. The van der Waals surface area contributed by atoms with E-state index in [9.17, 15) is 14.7 Å². The Bertz CT molecular complexity index is 689. The highest BCUT2D eigenvalue weighted by Crippen LogP contribution is 2.28. The van der Waals surface area contributed by atoms with Crippen LogP contribution in [0.15, 0.2) is 27.9 Å². The van der Waals surface area contributed by atoms with Gasteiger partial charge >= 0.3 is 5.69 Å². The summed E-state index contributed by atoms with van der Waals surface area (Å²) in [6, 6.07) is 0. The fourth-order valence-corrected chi connectivity index (χ4v) is 1.87. The first-order chi connectivity index (χ1) is 9.01. The number of aryl methyl sites for hydroxylation is 1. The van der Waals surface area contributed by atoms with Crippen LogP contribution < -0.4 is 11.2 Å². The van der Waals surface area contributed by atoms with Gasteiger partial charge < -0.3 is 9.84 Å². The summed E-state index contributed by atoms with van der Waals surface area (Å²) < 4.78 is 6.86. The van der Waals surface area contributed by atoms with Gasteiger partial charge in [-0.1, -0.05) is 5.92 Å². The van der Waals surface area contributed by atoms with E-state index in [0.717, 1.165) is 0 Å². The van der Waals surface area contributed by atoms with Crippen molar-refractivity contribution in [3.63, 3.8) is 0 Å². The smallest absolute Gasteiger partial charge is 0.330 e. The molecule has 2 atom stereocenters. The lowest BCUT2D eigenvalue weighted by Gasteiger charge is -2.22. The van der Waals surface area contributed by atoms with Gasteiger partial charge in [-0.3, -0.25) is 14.3 Å². The van der Waals surface area contributed by atoms with Gasteiger partial charge in [0, 0.05) is 11.8 Å². The minimum Gasteiger partial charge on any atom is -0.392 e. The zero-order valence-corrected chi connectivity index (χ0v) is 10.6. The van der Waals surface area contributed by atoms with Crippen molar-refractivity contribution in [3.8, 4) is 11.8 Å². The van der Waals surface area contributed by atoms with Gasteiger partial charge in [-0.05, 0) is 26.0 Å². The van der Waals surface area contributed by atoms with Crippen molar-refractivity contribution < 1.29 is 9.84 Å². The molecule has 0 aromatic carbocycles. The molecule has 0 unspecified atom stereocenters. The van der Waals surface area contributed by atoms with Crippen LogP contribution in [0.5, 0.6) is 0 Å². The number of H-pyrrole nitrogens is 1. The van der Waals surface area contributed by atoms with E-state index in [1.807, 2.05) is 0 Å². The standard InChI is InChI=1S/C13H14N2O4/c1-3-5-13(8-16)6-4-10(19-13)15-7-9(2)11(17)14-12(15)18/h4,6-7,10,16H,8H2,1-2H3,(H,14,17,18)/t10-,13+/m1/s1. The number of aromatic amines is 1. The molecular weight excluding hydrogens is 248 g/mol. The lowest BCUT2D eigenvalue weighted by atomic mass is 10.1. The van der Waals surface area contributed by atoms with Crippen molar-refractivity contribution >= 4 is 0 Å². The minimum absolute atomic E-state index is 0.308. The molecule has 0 saturated carbocycles. The van der Waals surface area contributed by atoms with E-state index >= 15 is 0 Å². The number of aromatic nitrogens is 2. The van der Waals surface area contributed by atoms with Gasteiger partial charge in [0.05, 0.1) is 6.61 Å². The molecular formula is C13H14N2O4. The second kappa shape index (κ2) is 4.88.